The number of ketones is 1. The van der Waals surface area contributed by atoms with E-state index in [9.17, 15) is 4.79 Å². The Balaban J connectivity index is 2.03. The minimum absolute atomic E-state index is 0.00876. The number of carbonyl (C=O) groups excluding carboxylic acids is 1. The first-order valence-electron chi connectivity index (χ1n) is 6.43. The second-order valence-corrected chi connectivity index (χ2v) is 5.40. The van der Waals surface area contributed by atoms with E-state index >= 15 is 0 Å². The summed E-state index contributed by atoms with van der Waals surface area (Å²) in [7, 11) is 0. The Bertz CT molecular complexity index is 635. The lowest BCUT2D eigenvalue weighted by molar-refractivity contribution is 0.101. The van der Waals surface area contributed by atoms with Gasteiger partial charge in [-0.1, -0.05) is 12.1 Å². The van der Waals surface area contributed by atoms with Gasteiger partial charge in [0.15, 0.2) is 5.78 Å². The topological polar surface area (TPSA) is 44.1 Å². The van der Waals surface area contributed by atoms with Crippen molar-refractivity contribution in [1.29, 1.82) is 0 Å². The Morgan fingerprint density at radius 3 is 2.65 bits per heavy atom. The first-order valence-corrected chi connectivity index (χ1v) is 7.22. The van der Waals surface area contributed by atoms with E-state index in [0.29, 0.717) is 24.5 Å². The van der Waals surface area contributed by atoms with Gasteiger partial charge in [-0.3, -0.25) is 9.48 Å². The zero-order valence-corrected chi connectivity index (χ0v) is 13.4. The summed E-state index contributed by atoms with van der Waals surface area (Å²) in [5.74, 6) is 0.634. The molecule has 0 spiro atoms. The van der Waals surface area contributed by atoms with E-state index in [1.54, 1.807) is 13.0 Å². The zero-order valence-electron chi connectivity index (χ0n) is 11.8. The largest absolute Gasteiger partial charge is 0.491 e. The quantitative estimate of drug-likeness (QED) is 0.784. The van der Waals surface area contributed by atoms with Gasteiger partial charge in [0.25, 0.3) is 0 Å². The minimum Gasteiger partial charge on any atom is -0.491 e. The molecule has 0 fully saturated rings. The fourth-order valence-corrected chi connectivity index (χ4v) is 2.30. The highest BCUT2D eigenvalue weighted by molar-refractivity contribution is 9.10. The molecule has 2 rings (SSSR count). The number of hydrogen-bond acceptors (Lipinski definition) is 3. The number of hydrogen-bond donors (Lipinski definition) is 0. The summed E-state index contributed by atoms with van der Waals surface area (Å²) in [6.07, 6.45) is 0. The average molecular weight is 337 g/mol. The van der Waals surface area contributed by atoms with Gasteiger partial charge in [0.05, 0.1) is 22.3 Å². The van der Waals surface area contributed by atoms with Crippen molar-refractivity contribution in [2.45, 2.75) is 27.3 Å². The number of aryl methyl sites for hydroxylation is 1. The monoisotopic (exact) mass is 336 g/mol. The van der Waals surface area contributed by atoms with Crippen LogP contribution in [0.3, 0.4) is 0 Å². The lowest BCUT2D eigenvalue weighted by Gasteiger charge is -2.10. The maximum Gasteiger partial charge on any atom is 0.163 e. The third-order valence-electron chi connectivity index (χ3n) is 3.12. The molecule has 1 aromatic heterocycles. The third-order valence-corrected chi connectivity index (χ3v) is 4.27. The molecule has 0 aliphatic rings. The molecular formula is C15H17BrN2O2. The van der Waals surface area contributed by atoms with Gasteiger partial charge >= 0.3 is 0 Å². The standard InChI is InChI=1S/C15H17BrN2O2/c1-10-15(16)11(2)18(17-10)8-9-20-14-7-5-4-6-13(14)12(3)19/h4-7H,8-9H2,1-3H3. The molecule has 0 atom stereocenters. The summed E-state index contributed by atoms with van der Waals surface area (Å²) >= 11 is 3.50. The number of ether oxygens (including phenoxy) is 1. The van der Waals surface area contributed by atoms with Gasteiger partial charge in [-0.2, -0.15) is 5.10 Å². The Morgan fingerprint density at radius 2 is 2.05 bits per heavy atom. The molecule has 0 radical (unpaired) electrons. The van der Waals surface area contributed by atoms with Crippen LogP contribution in [-0.2, 0) is 6.54 Å². The van der Waals surface area contributed by atoms with Crippen LogP contribution in [0.2, 0.25) is 0 Å². The molecule has 20 heavy (non-hydrogen) atoms. The molecule has 0 aliphatic carbocycles. The van der Waals surface area contributed by atoms with Gasteiger partial charge in [0, 0.05) is 5.69 Å². The van der Waals surface area contributed by atoms with E-state index in [0.717, 1.165) is 15.9 Å². The van der Waals surface area contributed by atoms with Crippen molar-refractivity contribution in [1.82, 2.24) is 9.78 Å². The van der Waals surface area contributed by atoms with Crippen molar-refractivity contribution < 1.29 is 9.53 Å². The second kappa shape index (κ2) is 6.22. The number of Topliss-reactive ketones (excluding diaryl/α,β-unsaturated/α-hetero) is 1. The molecule has 5 heteroatoms. The summed E-state index contributed by atoms with van der Waals surface area (Å²) < 4.78 is 8.64. The molecule has 0 N–H and O–H groups in total. The summed E-state index contributed by atoms with van der Waals surface area (Å²) in [4.78, 5) is 11.5. The van der Waals surface area contributed by atoms with Crippen LogP contribution in [0, 0.1) is 13.8 Å². The Kier molecular flexibility index (Phi) is 4.60. The normalized spacial score (nSPS) is 10.6. The van der Waals surface area contributed by atoms with Crippen molar-refractivity contribution in [3.05, 3.63) is 45.7 Å². The lowest BCUT2D eigenvalue weighted by Crippen LogP contribution is -2.12. The van der Waals surface area contributed by atoms with Crippen LogP contribution in [0.25, 0.3) is 0 Å². The summed E-state index contributed by atoms with van der Waals surface area (Å²) in [6, 6.07) is 7.29. The van der Waals surface area contributed by atoms with Crippen molar-refractivity contribution in [2.24, 2.45) is 0 Å². The molecule has 4 nitrogen and oxygen atoms in total. The van der Waals surface area contributed by atoms with Crippen molar-refractivity contribution in [3.63, 3.8) is 0 Å². The molecule has 0 saturated carbocycles. The number of aromatic nitrogens is 2. The van der Waals surface area contributed by atoms with Gasteiger partial charge in [0.1, 0.15) is 12.4 Å². The Morgan fingerprint density at radius 1 is 1.35 bits per heavy atom. The molecule has 0 unspecified atom stereocenters. The maximum absolute atomic E-state index is 11.5. The van der Waals surface area contributed by atoms with E-state index in [4.69, 9.17) is 4.74 Å². The predicted molar refractivity (Wildman–Crippen MR) is 81.3 cm³/mol. The second-order valence-electron chi connectivity index (χ2n) is 4.61. The van der Waals surface area contributed by atoms with Crippen molar-refractivity contribution >= 4 is 21.7 Å². The highest BCUT2D eigenvalue weighted by Gasteiger charge is 2.10. The number of nitrogens with zero attached hydrogens (tertiary/aromatic N) is 2. The average Bonchev–Trinajstić information content (AvgIpc) is 2.67. The first-order chi connectivity index (χ1) is 9.50. The van der Waals surface area contributed by atoms with Crippen molar-refractivity contribution in [3.8, 4) is 5.75 Å². The smallest absolute Gasteiger partial charge is 0.163 e. The molecule has 0 amide bonds. The van der Waals surface area contributed by atoms with E-state index in [1.807, 2.05) is 36.7 Å². The fraction of sp³-hybridized carbons (Fsp3) is 0.333. The summed E-state index contributed by atoms with van der Waals surface area (Å²) in [5.41, 5.74) is 2.65. The SMILES string of the molecule is CC(=O)c1ccccc1OCCn1nc(C)c(Br)c1C. The summed E-state index contributed by atoms with van der Waals surface area (Å²) in [6.45, 7) is 6.62. The fourth-order valence-electron chi connectivity index (χ4n) is 2.02. The molecule has 0 bridgehead atoms. The van der Waals surface area contributed by atoms with Gasteiger partial charge < -0.3 is 4.74 Å². The molecule has 1 heterocycles. The van der Waals surface area contributed by atoms with Crippen LogP contribution in [0.1, 0.15) is 28.7 Å². The molecule has 2 aromatic rings. The van der Waals surface area contributed by atoms with E-state index in [2.05, 4.69) is 21.0 Å². The Labute approximate surface area is 126 Å². The molecule has 0 saturated heterocycles. The van der Waals surface area contributed by atoms with E-state index in [-0.39, 0.29) is 5.78 Å². The number of para-hydroxylation sites is 1. The van der Waals surface area contributed by atoms with Crippen LogP contribution < -0.4 is 4.74 Å². The molecule has 1 aromatic carbocycles. The number of carbonyl (C=O) groups is 1. The molecule has 0 aliphatic heterocycles. The number of halogens is 1. The van der Waals surface area contributed by atoms with Crippen LogP contribution in [-0.4, -0.2) is 22.2 Å². The Hall–Kier alpha value is -1.62. The minimum atomic E-state index is 0.00876. The third kappa shape index (κ3) is 3.10. The van der Waals surface area contributed by atoms with E-state index in [1.165, 1.54) is 0 Å². The van der Waals surface area contributed by atoms with Gasteiger partial charge in [0.2, 0.25) is 0 Å². The maximum atomic E-state index is 11.5. The highest BCUT2D eigenvalue weighted by atomic mass is 79.9. The van der Waals surface area contributed by atoms with Crippen molar-refractivity contribution in [2.75, 3.05) is 6.61 Å². The van der Waals surface area contributed by atoms with Crippen LogP contribution in [0.5, 0.6) is 5.75 Å². The predicted octanol–water partition coefficient (Wildman–Crippen LogP) is 3.54. The van der Waals surface area contributed by atoms with Gasteiger partial charge in [-0.25, -0.2) is 0 Å². The molecular weight excluding hydrogens is 320 g/mol. The van der Waals surface area contributed by atoms with Gasteiger partial charge in [-0.15, -0.1) is 0 Å². The number of benzene rings is 1. The zero-order chi connectivity index (χ0) is 14.7. The van der Waals surface area contributed by atoms with Crippen LogP contribution in [0.4, 0.5) is 0 Å². The van der Waals surface area contributed by atoms with Gasteiger partial charge in [-0.05, 0) is 48.8 Å². The lowest BCUT2D eigenvalue weighted by atomic mass is 10.1. The summed E-state index contributed by atoms with van der Waals surface area (Å²) in [5, 5.41) is 4.42. The molecule has 106 valence electrons. The van der Waals surface area contributed by atoms with E-state index < -0.39 is 0 Å². The van der Waals surface area contributed by atoms with Crippen LogP contribution in [0.15, 0.2) is 28.7 Å². The highest BCUT2D eigenvalue weighted by Crippen LogP contribution is 2.21. The first kappa shape index (κ1) is 14.8. The number of rotatable bonds is 5. The van der Waals surface area contributed by atoms with Crippen LogP contribution >= 0.6 is 15.9 Å².